The Balaban J connectivity index is 1.67. The van der Waals surface area contributed by atoms with Crippen LogP contribution < -0.4 is 5.32 Å². The summed E-state index contributed by atoms with van der Waals surface area (Å²) in [5.41, 5.74) is 0.846. The minimum absolute atomic E-state index is 0.0413. The van der Waals surface area contributed by atoms with Gasteiger partial charge in [0.2, 0.25) is 0 Å². The van der Waals surface area contributed by atoms with Crippen LogP contribution in [0.15, 0.2) is 47.1 Å². The highest BCUT2D eigenvalue weighted by atomic mass is 19.1. The van der Waals surface area contributed by atoms with Gasteiger partial charge < -0.3 is 19.6 Å². The van der Waals surface area contributed by atoms with Crippen LogP contribution >= 0.6 is 0 Å². The molecule has 0 spiro atoms. The summed E-state index contributed by atoms with van der Waals surface area (Å²) in [7, 11) is 0. The second-order valence-corrected chi connectivity index (χ2v) is 4.93. The quantitative estimate of drug-likeness (QED) is 0.785. The first-order valence-electron chi connectivity index (χ1n) is 6.92. The van der Waals surface area contributed by atoms with E-state index in [1.54, 1.807) is 18.4 Å². The van der Waals surface area contributed by atoms with Crippen LogP contribution in [0.25, 0.3) is 0 Å². The first-order chi connectivity index (χ1) is 10.1. The fraction of sp³-hybridized carbons (Fsp3) is 0.375. The predicted octanol–water partition coefficient (Wildman–Crippen LogP) is 2.65. The summed E-state index contributed by atoms with van der Waals surface area (Å²) in [6, 6.07) is 9.98. The van der Waals surface area contributed by atoms with E-state index >= 15 is 0 Å². The number of hydrogen-bond donors (Lipinski definition) is 2. The Morgan fingerprint density at radius 2 is 2.19 bits per heavy atom. The summed E-state index contributed by atoms with van der Waals surface area (Å²) in [6.07, 6.45) is 0.952. The lowest BCUT2D eigenvalue weighted by Crippen LogP contribution is -2.32. The van der Waals surface area contributed by atoms with E-state index in [2.05, 4.69) is 5.32 Å². The minimum atomic E-state index is -0.629. The summed E-state index contributed by atoms with van der Waals surface area (Å²) in [4.78, 5) is 0. The second kappa shape index (κ2) is 7.93. The molecule has 0 aliphatic carbocycles. The summed E-state index contributed by atoms with van der Waals surface area (Å²) in [6.45, 7) is 2.84. The first-order valence-corrected chi connectivity index (χ1v) is 6.92. The van der Waals surface area contributed by atoms with Crippen molar-refractivity contribution in [1.82, 2.24) is 5.32 Å². The second-order valence-electron chi connectivity index (χ2n) is 4.93. The van der Waals surface area contributed by atoms with E-state index in [4.69, 9.17) is 9.15 Å². The molecule has 1 aromatic carbocycles. The largest absolute Gasteiger partial charge is 0.467 e. The summed E-state index contributed by atoms with van der Waals surface area (Å²) < 4.78 is 23.6. The van der Waals surface area contributed by atoms with Crippen LogP contribution in [-0.4, -0.2) is 24.4 Å². The van der Waals surface area contributed by atoms with Crippen molar-refractivity contribution in [2.45, 2.75) is 25.7 Å². The van der Waals surface area contributed by atoms with E-state index in [1.807, 2.05) is 19.1 Å². The number of halogens is 1. The van der Waals surface area contributed by atoms with Crippen LogP contribution in [0, 0.1) is 5.82 Å². The van der Waals surface area contributed by atoms with Gasteiger partial charge in [-0.25, -0.2) is 4.39 Å². The fourth-order valence-electron chi connectivity index (χ4n) is 1.96. The zero-order valence-electron chi connectivity index (χ0n) is 12.0. The van der Waals surface area contributed by atoms with Crippen molar-refractivity contribution in [3.05, 3.63) is 59.8 Å². The molecule has 1 unspecified atom stereocenters. The van der Waals surface area contributed by atoms with E-state index in [-0.39, 0.29) is 18.5 Å². The Kier molecular flexibility index (Phi) is 5.92. The molecule has 2 rings (SSSR count). The molecular weight excluding hydrogens is 273 g/mol. The van der Waals surface area contributed by atoms with E-state index in [9.17, 15) is 9.50 Å². The highest BCUT2D eigenvalue weighted by molar-refractivity contribution is 5.19. The SMILES string of the molecule is C[C@H](NCC(O)COCc1ccco1)c1cccc(F)c1. The van der Waals surface area contributed by atoms with Crippen molar-refractivity contribution in [2.24, 2.45) is 0 Å². The molecule has 2 aromatic rings. The monoisotopic (exact) mass is 293 g/mol. The third kappa shape index (κ3) is 5.30. The van der Waals surface area contributed by atoms with Crippen LogP contribution in [-0.2, 0) is 11.3 Å². The zero-order valence-corrected chi connectivity index (χ0v) is 12.0. The molecule has 0 saturated carbocycles. The molecule has 1 heterocycles. The van der Waals surface area contributed by atoms with Crippen molar-refractivity contribution in [2.75, 3.05) is 13.2 Å². The van der Waals surface area contributed by atoms with Crippen molar-refractivity contribution in [3.63, 3.8) is 0 Å². The number of aliphatic hydroxyl groups excluding tert-OH is 1. The maximum absolute atomic E-state index is 13.1. The van der Waals surface area contributed by atoms with Gasteiger partial charge in [-0.1, -0.05) is 12.1 Å². The molecule has 0 radical (unpaired) electrons. The van der Waals surface area contributed by atoms with Gasteiger partial charge in [0, 0.05) is 12.6 Å². The number of benzene rings is 1. The average molecular weight is 293 g/mol. The summed E-state index contributed by atoms with van der Waals surface area (Å²) in [5.74, 6) is 0.465. The molecular formula is C16H20FNO3. The summed E-state index contributed by atoms with van der Waals surface area (Å²) in [5, 5.41) is 13.0. The highest BCUT2D eigenvalue weighted by Crippen LogP contribution is 2.13. The number of aliphatic hydroxyl groups is 1. The molecule has 114 valence electrons. The maximum Gasteiger partial charge on any atom is 0.129 e. The molecule has 1 aromatic heterocycles. The van der Waals surface area contributed by atoms with Crippen LogP contribution in [0.4, 0.5) is 4.39 Å². The van der Waals surface area contributed by atoms with Crippen LogP contribution in [0.3, 0.4) is 0 Å². The molecule has 0 saturated heterocycles. The van der Waals surface area contributed by atoms with Gasteiger partial charge in [-0.05, 0) is 36.8 Å². The molecule has 0 fully saturated rings. The average Bonchev–Trinajstić information content (AvgIpc) is 2.98. The van der Waals surface area contributed by atoms with Crippen molar-refractivity contribution < 1.29 is 18.7 Å². The topological polar surface area (TPSA) is 54.6 Å². The van der Waals surface area contributed by atoms with E-state index in [1.165, 1.54) is 12.1 Å². The highest BCUT2D eigenvalue weighted by Gasteiger charge is 2.10. The molecule has 0 aliphatic heterocycles. The first kappa shape index (κ1) is 15.7. The van der Waals surface area contributed by atoms with Gasteiger partial charge in [0.25, 0.3) is 0 Å². The van der Waals surface area contributed by atoms with Gasteiger partial charge in [-0.2, -0.15) is 0 Å². The third-order valence-corrected chi connectivity index (χ3v) is 3.14. The fourth-order valence-corrected chi connectivity index (χ4v) is 1.96. The number of nitrogens with one attached hydrogen (secondary N) is 1. The lowest BCUT2D eigenvalue weighted by Gasteiger charge is -2.17. The molecule has 2 N–H and O–H groups in total. The van der Waals surface area contributed by atoms with Crippen molar-refractivity contribution in [1.29, 1.82) is 0 Å². The molecule has 4 nitrogen and oxygen atoms in total. The Morgan fingerprint density at radius 1 is 1.33 bits per heavy atom. The Labute approximate surface area is 123 Å². The third-order valence-electron chi connectivity index (χ3n) is 3.14. The van der Waals surface area contributed by atoms with Gasteiger partial charge in [0.1, 0.15) is 18.2 Å². The van der Waals surface area contributed by atoms with Gasteiger partial charge in [0.05, 0.1) is 19.0 Å². The lowest BCUT2D eigenvalue weighted by atomic mass is 10.1. The number of furan rings is 1. The van der Waals surface area contributed by atoms with E-state index in [0.717, 1.165) is 11.3 Å². The number of hydrogen-bond acceptors (Lipinski definition) is 4. The molecule has 0 bridgehead atoms. The number of ether oxygens (including phenoxy) is 1. The van der Waals surface area contributed by atoms with Crippen LogP contribution in [0.1, 0.15) is 24.3 Å². The van der Waals surface area contributed by atoms with Gasteiger partial charge >= 0.3 is 0 Å². The zero-order chi connectivity index (χ0) is 15.1. The van der Waals surface area contributed by atoms with Crippen molar-refractivity contribution in [3.8, 4) is 0 Å². The molecule has 2 atom stereocenters. The van der Waals surface area contributed by atoms with Crippen LogP contribution in [0.2, 0.25) is 0 Å². The Hall–Kier alpha value is -1.69. The number of rotatable bonds is 8. The van der Waals surface area contributed by atoms with Crippen molar-refractivity contribution >= 4 is 0 Å². The standard InChI is InChI=1S/C16H20FNO3/c1-12(13-4-2-5-14(17)8-13)18-9-15(19)10-20-11-16-6-3-7-21-16/h2-8,12,15,18-19H,9-11H2,1H3/t12-,15?/m0/s1. The molecule has 5 heteroatoms. The molecule has 0 aliphatic rings. The van der Waals surface area contributed by atoms with Gasteiger partial charge in [-0.3, -0.25) is 0 Å². The summed E-state index contributed by atoms with van der Waals surface area (Å²) >= 11 is 0. The smallest absolute Gasteiger partial charge is 0.129 e. The molecule has 21 heavy (non-hydrogen) atoms. The molecule has 0 amide bonds. The lowest BCUT2D eigenvalue weighted by molar-refractivity contribution is 0.0217. The van der Waals surface area contributed by atoms with Gasteiger partial charge in [0.15, 0.2) is 0 Å². The van der Waals surface area contributed by atoms with Crippen LogP contribution in [0.5, 0.6) is 0 Å². The van der Waals surface area contributed by atoms with Gasteiger partial charge in [-0.15, -0.1) is 0 Å². The Morgan fingerprint density at radius 3 is 2.90 bits per heavy atom. The maximum atomic E-state index is 13.1. The van der Waals surface area contributed by atoms with E-state index in [0.29, 0.717) is 13.2 Å². The minimum Gasteiger partial charge on any atom is -0.467 e. The predicted molar refractivity (Wildman–Crippen MR) is 77.2 cm³/mol. The Bertz CT molecular complexity index is 530. The normalized spacial score (nSPS) is 14.0. The van der Waals surface area contributed by atoms with E-state index < -0.39 is 6.10 Å².